The van der Waals surface area contributed by atoms with Crippen LogP contribution in [0.15, 0.2) is 0 Å². The summed E-state index contributed by atoms with van der Waals surface area (Å²) >= 11 is 0. The lowest BCUT2D eigenvalue weighted by molar-refractivity contribution is -0.151. The van der Waals surface area contributed by atoms with Gasteiger partial charge in [0.25, 0.3) is 5.91 Å². The van der Waals surface area contributed by atoms with Crippen molar-refractivity contribution >= 4 is 5.91 Å². The first-order valence-corrected chi connectivity index (χ1v) is 6.86. The molecule has 17 heavy (non-hydrogen) atoms. The van der Waals surface area contributed by atoms with Gasteiger partial charge in [0.2, 0.25) is 0 Å². The monoisotopic (exact) mass is 240 g/mol. The molecule has 0 aliphatic carbocycles. The van der Waals surface area contributed by atoms with Crippen LogP contribution in [0.5, 0.6) is 0 Å². The summed E-state index contributed by atoms with van der Waals surface area (Å²) in [5.41, 5.74) is 5.82. The summed E-state index contributed by atoms with van der Waals surface area (Å²) in [6.07, 6.45) is 5.13. The minimum atomic E-state index is -0.205. The third kappa shape index (κ3) is 2.80. The molecule has 4 heteroatoms. The van der Waals surface area contributed by atoms with E-state index < -0.39 is 0 Å². The molecule has 98 valence electrons. The maximum atomic E-state index is 12.4. The third-order valence-electron chi connectivity index (χ3n) is 4.10. The number of piperidine rings is 1. The molecule has 0 aromatic heterocycles. The zero-order valence-electron chi connectivity index (χ0n) is 10.7. The standard InChI is InChI=1S/C13H24N2O2/c1-10-5-4-7-15(11(10)9-14)13(16)12-6-2-3-8-17-12/h10-12H,2-9,14H2,1H3/t10-,11-,12-/m1/s1. The average Bonchev–Trinajstić information content (AvgIpc) is 2.38. The number of likely N-dealkylation sites (tertiary alicyclic amines) is 1. The topological polar surface area (TPSA) is 55.6 Å². The predicted molar refractivity (Wildman–Crippen MR) is 66.5 cm³/mol. The van der Waals surface area contributed by atoms with Crippen molar-refractivity contribution in [3.63, 3.8) is 0 Å². The first kappa shape index (κ1) is 12.8. The van der Waals surface area contributed by atoms with Gasteiger partial charge in [-0.15, -0.1) is 0 Å². The second kappa shape index (κ2) is 5.83. The summed E-state index contributed by atoms with van der Waals surface area (Å²) in [6.45, 7) is 4.34. The van der Waals surface area contributed by atoms with E-state index >= 15 is 0 Å². The summed E-state index contributed by atoms with van der Waals surface area (Å²) < 4.78 is 5.59. The summed E-state index contributed by atoms with van der Waals surface area (Å²) in [5.74, 6) is 0.688. The maximum Gasteiger partial charge on any atom is 0.251 e. The third-order valence-corrected chi connectivity index (χ3v) is 4.10. The van der Waals surface area contributed by atoms with Crippen molar-refractivity contribution < 1.29 is 9.53 Å². The van der Waals surface area contributed by atoms with E-state index in [9.17, 15) is 4.79 Å². The SMILES string of the molecule is C[C@@H]1CCCN(C(=O)[C@H]2CCCCO2)[C@@H]1CN. The molecule has 2 saturated heterocycles. The van der Waals surface area contributed by atoms with Gasteiger partial charge >= 0.3 is 0 Å². The molecule has 0 unspecified atom stereocenters. The number of nitrogens with two attached hydrogens (primary N) is 1. The molecule has 2 heterocycles. The second-order valence-electron chi connectivity index (χ2n) is 5.31. The largest absolute Gasteiger partial charge is 0.368 e. The van der Waals surface area contributed by atoms with E-state index in [-0.39, 0.29) is 18.1 Å². The molecule has 0 bridgehead atoms. The van der Waals surface area contributed by atoms with Crippen molar-refractivity contribution in [3.05, 3.63) is 0 Å². The van der Waals surface area contributed by atoms with Crippen molar-refractivity contribution in [3.8, 4) is 0 Å². The fraction of sp³-hybridized carbons (Fsp3) is 0.923. The Kier molecular flexibility index (Phi) is 4.40. The van der Waals surface area contributed by atoms with Crippen LogP contribution >= 0.6 is 0 Å². The van der Waals surface area contributed by atoms with Gasteiger partial charge in [-0.05, 0) is 38.0 Å². The predicted octanol–water partition coefficient (Wildman–Crippen LogP) is 1.14. The molecule has 0 spiro atoms. The molecule has 0 radical (unpaired) electrons. The lowest BCUT2D eigenvalue weighted by Crippen LogP contribution is -2.54. The quantitative estimate of drug-likeness (QED) is 0.787. The Bertz CT molecular complexity index is 264. The van der Waals surface area contributed by atoms with Crippen molar-refractivity contribution in [2.45, 2.75) is 51.2 Å². The van der Waals surface area contributed by atoms with E-state index in [4.69, 9.17) is 10.5 Å². The number of carbonyl (C=O) groups is 1. The molecule has 0 aromatic carbocycles. The Morgan fingerprint density at radius 2 is 2.18 bits per heavy atom. The highest BCUT2D eigenvalue weighted by atomic mass is 16.5. The van der Waals surface area contributed by atoms with E-state index in [1.54, 1.807) is 0 Å². The number of hydrogen-bond donors (Lipinski definition) is 1. The molecule has 2 rings (SSSR count). The van der Waals surface area contributed by atoms with Crippen molar-refractivity contribution in [2.24, 2.45) is 11.7 Å². The van der Waals surface area contributed by atoms with Crippen LogP contribution in [0.4, 0.5) is 0 Å². The summed E-state index contributed by atoms with van der Waals surface area (Å²) in [5, 5.41) is 0. The second-order valence-corrected chi connectivity index (χ2v) is 5.31. The van der Waals surface area contributed by atoms with Crippen molar-refractivity contribution in [2.75, 3.05) is 19.7 Å². The van der Waals surface area contributed by atoms with Crippen LogP contribution in [0.25, 0.3) is 0 Å². The number of hydrogen-bond acceptors (Lipinski definition) is 3. The fourth-order valence-electron chi connectivity index (χ4n) is 3.00. The summed E-state index contributed by atoms with van der Waals surface area (Å²) in [6, 6.07) is 0.210. The minimum Gasteiger partial charge on any atom is -0.368 e. The normalized spacial score (nSPS) is 34.7. The van der Waals surface area contributed by atoms with E-state index in [0.29, 0.717) is 12.5 Å². The van der Waals surface area contributed by atoms with E-state index in [2.05, 4.69) is 6.92 Å². The van der Waals surface area contributed by atoms with Gasteiger partial charge in [-0.3, -0.25) is 4.79 Å². The van der Waals surface area contributed by atoms with E-state index in [0.717, 1.165) is 38.8 Å². The summed E-state index contributed by atoms with van der Waals surface area (Å²) in [7, 11) is 0. The average molecular weight is 240 g/mol. The van der Waals surface area contributed by atoms with E-state index in [1.165, 1.54) is 6.42 Å². The molecule has 1 amide bonds. The van der Waals surface area contributed by atoms with Crippen LogP contribution in [0.1, 0.15) is 39.0 Å². The molecule has 0 saturated carbocycles. The van der Waals surface area contributed by atoms with Crippen LogP contribution in [0, 0.1) is 5.92 Å². The Balaban J connectivity index is 2.00. The molecule has 2 aliphatic heterocycles. The van der Waals surface area contributed by atoms with E-state index in [1.807, 2.05) is 4.90 Å². The highest BCUT2D eigenvalue weighted by molar-refractivity contribution is 5.81. The minimum absolute atomic E-state index is 0.173. The number of carbonyl (C=O) groups excluding carboxylic acids is 1. The van der Waals surface area contributed by atoms with Gasteiger partial charge < -0.3 is 15.4 Å². The fourth-order valence-corrected chi connectivity index (χ4v) is 3.00. The van der Waals surface area contributed by atoms with Crippen LogP contribution in [-0.2, 0) is 9.53 Å². The number of nitrogens with zero attached hydrogens (tertiary/aromatic N) is 1. The Hall–Kier alpha value is -0.610. The highest BCUT2D eigenvalue weighted by Gasteiger charge is 2.35. The van der Waals surface area contributed by atoms with Gasteiger partial charge in [0, 0.05) is 25.7 Å². The van der Waals surface area contributed by atoms with Gasteiger partial charge in [0.1, 0.15) is 6.10 Å². The van der Waals surface area contributed by atoms with Crippen LogP contribution in [0.2, 0.25) is 0 Å². The number of ether oxygens (including phenoxy) is 1. The van der Waals surface area contributed by atoms with Crippen LogP contribution in [-0.4, -0.2) is 42.6 Å². The number of amides is 1. The first-order valence-electron chi connectivity index (χ1n) is 6.86. The van der Waals surface area contributed by atoms with Gasteiger partial charge in [0.15, 0.2) is 0 Å². The molecule has 0 aromatic rings. The molecule has 2 aliphatic rings. The summed E-state index contributed by atoms with van der Waals surface area (Å²) in [4.78, 5) is 14.4. The molecular weight excluding hydrogens is 216 g/mol. The zero-order valence-corrected chi connectivity index (χ0v) is 10.7. The first-order chi connectivity index (χ1) is 8.24. The maximum absolute atomic E-state index is 12.4. The van der Waals surface area contributed by atoms with Crippen molar-refractivity contribution in [1.29, 1.82) is 0 Å². The molecule has 4 nitrogen and oxygen atoms in total. The highest BCUT2D eigenvalue weighted by Crippen LogP contribution is 2.25. The molecule has 2 N–H and O–H groups in total. The smallest absolute Gasteiger partial charge is 0.251 e. The molecule has 2 fully saturated rings. The van der Waals surface area contributed by atoms with Gasteiger partial charge in [0.05, 0.1) is 0 Å². The zero-order chi connectivity index (χ0) is 12.3. The van der Waals surface area contributed by atoms with Gasteiger partial charge in [-0.1, -0.05) is 6.92 Å². The lowest BCUT2D eigenvalue weighted by Gasteiger charge is -2.41. The molecular formula is C13H24N2O2. The lowest BCUT2D eigenvalue weighted by atomic mass is 9.90. The van der Waals surface area contributed by atoms with Gasteiger partial charge in [-0.2, -0.15) is 0 Å². The molecule has 3 atom stereocenters. The Morgan fingerprint density at radius 1 is 1.35 bits per heavy atom. The Labute approximate surface area is 103 Å². The van der Waals surface area contributed by atoms with Crippen LogP contribution < -0.4 is 5.73 Å². The number of rotatable bonds is 2. The van der Waals surface area contributed by atoms with Crippen molar-refractivity contribution in [1.82, 2.24) is 4.90 Å². The van der Waals surface area contributed by atoms with Gasteiger partial charge in [-0.25, -0.2) is 0 Å². The van der Waals surface area contributed by atoms with Crippen LogP contribution in [0.3, 0.4) is 0 Å². The Morgan fingerprint density at radius 3 is 2.82 bits per heavy atom.